The lowest BCUT2D eigenvalue weighted by molar-refractivity contribution is 0.103. The van der Waals surface area contributed by atoms with Gasteiger partial charge in [-0.15, -0.1) is 0 Å². The number of fused-ring (bicyclic) bond motifs is 1. The van der Waals surface area contributed by atoms with Gasteiger partial charge in [0, 0.05) is 5.56 Å². The Labute approximate surface area is 113 Å². The fraction of sp³-hybridized carbons (Fsp3) is 0.0667. The fourth-order valence-electron chi connectivity index (χ4n) is 2.13. The van der Waals surface area contributed by atoms with Crippen molar-refractivity contribution in [3.63, 3.8) is 0 Å². The Bertz CT molecular complexity index is 877. The number of aromatic nitrogens is 2. The van der Waals surface area contributed by atoms with E-state index in [4.69, 9.17) is 0 Å². The monoisotopic (exact) mass is 270 g/mol. The molecule has 3 rings (SSSR count). The molecule has 1 heterocycles. The molecule has 0 amide bonds. The second-order valence-corrected chi connectivity index (χ2v) is 4.65. The maximum absolute atomic E-state index is 13.8. The predicted octanol–water partition coefficient (Wildman–Crippen LogP) is 2.53. The van der Waals surface area contributed by atoms with Crippen LogP contribution in [-0.2, 0) is 0 Å². The van der Waals surface area contributed by atoms with Crippen LogP contribution in [0.3, 0.4) is 0 Å². The van der Waals surface area contributed by atoms with Crippen LogP contribution in [0.5, 0.6) is 0 Å². The van der Waals surface area contributed by atoms with Crippen LogP contribution >= 0.6 is 0 Å². The highest BCUT2D eigenvalue weighted by Crippen LogP contribution is 2.17. The van der Waals surface area contributed by atoms with E-state index in [1.807, 2.05) is 0 Å². The van der Waals surface area contributed by atoms with E-state index < -0.39 is 11.6 Å². The van der Waals surface area contributed by atoms with Gasteiger partial charge < -0.3 is 9.97 Å². The normalized spacial score (nSPS) is 10.9. The molecule has 0 aliphatic carbocycles. The van der Waals surface area contributed by atoms with E-state index in [9.17, 15) is 14.0 Å². The van der Waals surface area contributed by atoms with Gasteiger partial charge in [-0.1, -0.05) is 6.07 Å². The van der Waals surface area contributed by atoms with Crippen molar-refractivity contribution in [1.29, 1.82) is 0 Å². The second-order valence-electron chi connectivity index (χ2n) is 4.65. The molecule has 0 saturated carbocycles. The van der Waals surface area contributed by atoms with Crippen LogP contribution in [0.15, 0.2) is 41.2 Å². The number of hydrogen-bond donors (Lipinski definition) is 2. The van der Waals surface area contributed by atoms with Crippen molar-refractivity contribution in [1.82, 2.24) is 9.97 Å². The first-order valence-corrected chi connectivity index (χ1v) is 6.07. The maximum atomic E-state index is 13.8. The van der Waals surface area contributed by atoms with Crippen LogP contribution in [0.1, 0.15) is 21.5 Å². The number of carbonyl (C=O) groups excluding carboxylic acids is 1. The van der Waals surface area contributed by atoms with Gasteiger partial charge in [0.15, 0.2) is 5.78 Å². The van der Waals surface area contributed by atoms with Gasteiger partial charge in [-0.05, 0) is 42.8 Å². The van der Waals surface area contributed by atoms with Crippen LogP contribution in [-0.4, -0.2) is 15.8 Å². The van der Waals surface area contributed by atoms with Gasteiger partial charge in [-0.25, -0.2) is 9.18 Å². The highest BCUT2D eigenvalue weighted by molar-refractivity contribution is 6.10. The Morgan fingerprint density at radius 1 is 1.05 bits per heavy atom. The average Bonchev–Trinajstić information content (AvgIpc) is 2.77. The van der Waals surface area contributed by atoms with Crippen molar-refractivity contribution in [3.05, 3.63) is 69.4 Å². The molecule has 0 aliphatic rings. The van der Waals surface area contributed by atoms with Gasteiger partial charge in [0.2, 0.25) is 0 Å². The van der Waals surface area contributed by atoms with Crippen LogP contribution < -0.4 is 5.69 Å². The largest absolute Gasteiger partial charge is 0.323 e. The summed E-state index contributed by atoms with van der Waals surface area (Å²) in [4.78, 5) is 28.6. The van der Waals surface area contributed by atoms with Crippen molar-refractivity contribution < 1.29 is 9.18 Å². The van der Waals surface area contributed by atoms with Crippen molar-refractivity contribution >= 4 is 16.8 Å². The molecule has 0 spiro atoms. The Morgan fingerprint density at radius 3 is 2.55 bits per heavy atom. The standard InChI is InChI=1S/C15H11FN2O2/c1-8-2-4-10(11(16)6-8)14(19)9-3-5-12-13(7-9)18-15(20)17-12/h2-7H,1H3,(H2,17,18,20). The zero-order chi connectivity index (χ0) is 14.3. The minimum Gasteiger partial charge on any atom is -0.306 e. The SMILES string of the molecule is Cc1ccc(C(=O)c2ccc3[nH]c(=O)[nH]c3c2)c(F)c1. The van der Waals surface area contributed by atoms with Crippen LogP contribution in [0.25, 0.3) is 11.0 Å². The summed E-state index contributed by atoms with van der Waals surface area (Å²) in [7, 11) is 0. The Balaban J connectivity index is 2.09. The molecule has 0 bridgehead atoms. The third-order valence-electron chi connectivity index (χ3n) is 3.15. The number of hydrogen-bond acceptors (Lipinski definition) is 2. The molecule has 20 heavy (non-hydrogen) atoms. The molecule has 4 nitrogen and oxygen atoms in total. The van der Waals surface area contributed by atoms with E-state index in [-0.39, 0.29) is 11.3 Å². The third-order valence-corrected chi connectivity index (χ3v) is 3.15. The van der Waals surface area contributed by atoms with Crippen molar-refractivity contribution in [3.8, 4) is 0 Å². The summed E-state index contributed by atoms with van der Waals surface area (Å²) in [6, 6.07) is 9.20. The first kappa shape index (κ1) is 12.3. The van der Waals surface area contributed by atoms with Gasteiger partial charge in [0.05, 0.1) is 16.6 Å². The molecule has 0 radical (unpaired) electrons. The number of carbonyl (C=O) groups is 1. The quantitative estimate of drug-likeness (QED) is 0.703. The molecule has 0 fully saturated rings. The fourth-order valence-corrected chi connectivity index (χ4v) is 2.13. The molecular weight excluding hydrogens is 259 g/mol. The molecule has 2 N–H and O–H groups in total. The minimum absolute atomic E-state index is 0.0211. The molecule has 3 aromatic rings. The zero-order valence-electron chi connectivity index (χ0n) is 10.7. The number of imidazole rings is 1. The molecule has 2 aromatic carbocycles. The smallest absolute Gasteiger partial charge is 0.306 e. The first-order chi connectivity index (χ1) is 9.54. The van der Waals surface area contributed by atoms with E-state index in [1.165, 1.54) is 18.2 Å². The van der Waals surface area contributed by atoms with E-state index in [2.05, 4.69) is 9.97 Å². The summed E-state index contributed by atoms with van der Waals surface area (Å²) < 4.78 is 13.8. The van der Waals surface area contributed by atoms with E-state index in [0.717, 1.165) is 5.56 Å². The third kappa shape index (κ3) is 2.03. The van der Waals surface area contributed by atoms with Gasteiger partial charge in [-0.3, -0.25) is 4.79 Å². The highest BCUT2D eigenvalue weighted by Gasteiger charge is 2.14. The van der Waals surface area contributed by atoms with Crippen molar-refractivity contribution in [2.75, 3.05) is 0 Å². The Hall–Kier alpha value is -2.69. The summed E-state index contributed by atoms with van der Waals surface area (Å²) in [5.74, 6) is -0.955. The number of halogens is 1. The van der Waals surface area contributed by atoms with Gasteiger partial charge in [0.1, 0.15) is 5.82 Å². The number of nitrogens with one attached hydrogen (secondary N) is 2. The lowest BCUT2D eigenvalue weighted by Gasteiger charge is -2.04. The minimum atomic E-state index is -0.544. The second kappa shape index (κ2) is 4.45. The molecular formula is C15H11FN2O2. The summed E-state index contributed by atoms with van der Waals surface area (Å²) >= 11 is 0. The molecule has 5 heteroatoms. The number of aryl methyl sites for hydroxylation is 1. The lowest BCUT2D eigenvalue weighted by atomic mass is 10.0. The van der Waals surface area contributed by atoms with Gasteiger partial charge in [-0.2, -0.15) is 0 Å². The molecule has 0 atom stereocenters. The van der Waals surface area contributed by atoms with Gasteiger partial charge >= 0.3 is 5.69 Å². The van der Waals surface area contributed by atoms with Crippen molar-refractivity contribution in [2.45, 2.75) is 6.92 Å². The van der Waals surface area contributed by atoms with E-state index >= 15 is 0 Å². The van der Waals surface area contributed by atoms with Crippen LogP contribution in [0, 0.1) is 12.7 Å². The number of ketones is 1. The average molecular weight is 270 g/mol. The molecule has 0 saturated heterocycles. The zero-order valence-corrected chi connectivity index (χ0v) is 10.7. The Morgan fingerprint density at radius 2 is 1.80 bits per heavy atom. The van der Waals surface area contributed by atoms with Crippen molar-refractivity contribution in [2.24, 2.45) is 0 Å². The maximum Gasteiger partial charge on any atom is 0.323 e. The number of rotatable bonds is 2. The number of aromatic amines is 2. The predicted molar refractivity (Wildman–Crippen MR) is 73.5 cm³/mol. The van der Waals surface area contributed by atoms with E-state index in [0.29, 0.717) is 16.6 Å². The van der Waals surface area contributed by atoms with Crippen LogP contribution in [0.2, 0.25) is 0 Å². The summed E-state index contributed by atoms with van der Waals surface area (Å²) in [5, 5.41) is 0. The van der Waals surface area contributed by atoms with Crippen LogP contribution in [0.4, 0.5) is 4.39 Å². The topological polar surface area (TPSA) is 65.7 Å². The summed E-state index contributed by atoms with van der Waals surface area (Å²) in [6.45, 7) is 1.76. The molecule has 100 valence electrons. The Kier molecular flexibility index (Phi) is 2.75. The highest BCUT2D eigenvalue weighted by atomic mass is 19.1. The molecule has 1 aromatic heterocycles. The van der Waals surface area contributed by atoms with E-state index in [1.54, 1.807) is 25.1 Å². The molecule has 0 unspecified atom stereocenters. The number of benzene rings is 2. The summed E-state index contributed by atoms with van der Waals surface area (Å²) in [6.07, 6.45) is 0. The van der Waals surface area contributed by atoms with Gasteiger partial charge in [0.25, 0.3) is 0 Å². The lowest BCUT2D eigenvalue weighted by Crippen LogP contribution is -2.04. The number of H-pyrrole nitrogens is 2. The summed E-state index contributed by atoms with van der Waals surface area (Å²) in [5.41, 5.74) is 1.89. The molecule has 0 aliphatic heterocycles. The first-order valence-electron chi connectivity index (χ1n) is 6.07.